The highest BCUT2D eigenvalue weighted by atomic mass is 32.1. The zero-order valence-corrected chi connectivity index (χ0v) is 18.2. The van der Waals surface area contributed by atoms with E-state index in [0.29, 0.717) is 6.54 Å². The minimum absolute atomic E-state index is 0.0349. The molecule has 0 unspecified atom stereocenters. The number of aromatic nitrogens is 2. The summed E-state index contributed by atoms with van der Waals surface area (Å²) in [6.45, 7) is 8.67. The van der Waals surface area contributed by atoms with Crippen molar-refractivity contribution in [2.24, 2.45) is 0 Å². The van der Waals surface area contributed by atoms with Gasteiger partial charge in [0.1, 0.15) is 16.5 Å². The molecule has 0 aliphatic carbocycles. The lowest BCUT2D eigenvalue weighted by Crippen LogP contribution is -2.30. The number of fused-ring (bicyclic) bond motifs is 1. The van der Waals surface area contributed by atoms with E-state index in [1.54, 1.807) is 0 Å². The van der Waals surface area contributed by atoms with Gasteiger partial charge in [0.25, 0.3) is 5.91 Å². The van der Waals surface area contributed by atoms with Crippen LogP contribution in [0.25, 0.3) is 10.2 Å². The Morgan fingerprint density at radius 1 is 1.07 bits per heavy atom. The molecule has 5 nitrogen and oxygen atoms in total. The van der Waals surface area contributed by atoms with Crippen LogP contribution in [0.3, 0.4) is 0 Å². The number of carbonyl (C=O) groups excluding carboxylic acids is 1. The Morgan fingerprint density at radius 2 is 1.76 bits per heavy atom. The lowest BCUT2D eigenvalue weighted by atomic mass is 10.1. The molecule has 0 radical (unpaired) electrons. The number of amides is 1. The summed E-state index contributed by atoms with van der Waals surface area (Å²) in [6.07, 6.45) is 4.68. The number of anilines is 1. The van der Waals surface area contributed by atoms with E-state index >= 15 is 0 Å². The molecule has 1 saturated heterocycles. The maximum atomic E-state index is 12.9. The first-order valence-electron chi connectivity index (χ1n) is 10.5. The summed E-state index contributed by atoms with van der Waals surface area (Å²) in [5.74, 6) is 1.73. The fourth-order valence-electron chi connectivity index (χ4n) is 3.93. The average molecular weight is 409 g/mol. The van der Waals surface area contributed by atoms with Gasteiger partial charge in [0.15, 0.2) is 0 Å². The highest BCUT2D eigenvalue weighted by Crippen LogP contribution is 2.36. The lowest BCUT2D eigenvalue weighted by Gasteiger charge is -2.28. The fourth-order valence-corrected chi connectivity index (χ4v) is 5.07. The molecule has 29 heavy (non-hydrogen) atoms. The Morgan fingerprint density at radius 3 is 2.45 bits per heavy atom. The molecule has 6 heteroatoms. The van der Waals surface area contributed by atoms with E-state index in [4.69, 9.17) is 4.98 Å². The first kappa shape index (κ1) is 19.8. The molecule has 0 atom stereocenters. The topological polar surface area (TPSA) is 58.1 Å². The number of hydrogen-bond donors (Lipinski definition) is 1. The third kappa shape index (κ3) is 4.13. The molecule has 152 valence electrons. The van der Waals surface area contributed by atoms with Crippen LogP contribution in [0, 0.1) is 13.8 Å². The predicted octanol–water partition coefficient (Wildman–Crippen LogP) is 4.79. The van der Waals surface area contributed by atoms with Crippen LogP contribution in [0.2, 0.25) is 0 Å². The van der Waals surface area contributed by atoms with Crippen LogP contribution in [0.1, 0.15) is 58.4 Å². The standard InChI is InChI=1S/C23H28N4OS/c1-4-17-8-10-18(11-9-17)14-24-22(28)20-15(2)19-21(27-12-6-5-7-13-27)25-16(3)26-23(19)29-20/h8-11H,4-7,12-14H2,1-3H3,(H,24,28). The van der Waals surface area contributed by atoms with Crippen molar-refractivity contribution in [3.8, 4) is 0 Å². The van der Waals surface area contributed by atoms with Crippen molar-refractivity contribution in [2.75, 3.05) is 18.0 Å². The molecule has 4 rings (SSSR count). The van der Waals surface area contributed by atoms with E-state index < -0.39 is 0 Å². The van der Waals surface area contributed by atoms with Crippen LogP contribution in [-0.2, 0) is 13.0 Å². The number of rotatable bonds is 5. The summed E-state index contributed by atoms with van der Waals surface area (Å²) < 4.78 is 0. The van der Waals surface area contributed by atoms with Crippen molar-refractivity contribution in [1.29, 1.82) is 0 Å². The number of nitrogens with zero attached hydrogens (tertiary/aromatic N) is 3. The highest BCUT2D eigenvalue weighted by Gasteiger charge is 2.23. The smallest absolute Gasteiger partial charge is 0.261 e. The van der Waals surface area contributed by atoms with Gasteiger partial charge >= 0.3 is 0 Å². The Labute approximate surface area is 176 Å². The quantitative estimate of drug-likeness (QED) is 0.659. The molecule has 1 aliphatic heterocycles. The van der Waals surface area contributed by atoms with Crippen molar-refractivity contribution in [3.63, 3.8) is 0 Å². The van der Waals surface area contributed by atoms with E-state index in [9.17, 15) is 4.79 Å². The highest BCUT2D eigenvalue weighted by molar-refractivity contribution is 7.20. The maximum Gasteiger partial charge on any atom is 0.261 e. The van der Waals surface area contributed by atoms with E-state index in [-0.39, 0.29) is 5.91 Å². The number of thiophene rings is 1. The van der Waals surface area contributed by atoms with E-state index in [2.05, 4.69) is 46.4 Å². The molecule has 1 N–H and O–H groups in total. The second-order valence-corrected chi connectivity index (χ2v) is 8.73. The van der Waals surface area contributed by atoms with Gasteiger partial charge in [0.2, 0.25) is 0 Å². The van der Waals surface area contributed by atoms with Gasteiger partial charge in [-0.2, -0.15) is 0 Å². The van der Waals surface area contributed by atoms with Gasteiger partial charge in [-0.3, -0.25) is 4.79 Å². The summed E-state index contributed by atoms with van der Waals surface area (Å²) in [4.78, 5) is 26.3. The number of hydrogen-bond acceptors (Lipinski definition) is 5. The molecule has 0 saturated carbocycles. The number of aryl methyl sites for hydroxylation is 3. The summed E-state index contributed by atoms with van der Waals surface area (Å²) in [5, 5.41) is 4.12. The monoisotopic (exact) mass is 408 g/mol. The number of benzene rings is 1. The Balaban J connectivity index is 1.59. The van der Waals surface area contributed by atoms with Gasteiger partial charge < -0.3 is 10.2 Å². The third-order valence-corrected chi connectivity index (χ3v) is 6.81. The van der Waals surface area contributed by atoms with Gasteiger partial charge in [0.05, 0.1) is 10.3 Å². The van der Waals surface area contributed by atoms with Crippen molar-refractivity contribution in [1.82, 2.24) is 15.3 Å². The van der Waals surface area contributed by atoms with Crippen molar-refractivity contribution >= 4 is 33.3 Å². The molecule has 1 aliphatic rings. The second-order valence-electron chi connectivity index (χ2n) is 7.73. The van der Waals surface area contributed by atoms with Crippen LogP contribution in [-0.4, -0.2) is 29.0 Å². The first-order chi connectivity index (χ1) is 14.1. The number of piperidine rings is 1. The van der Waals surface area contributed by atoms with Gasteiger partial charge in [-0.15, -0.1) is 11.3 Å². The molecule has 1 aromatic carbocycles. The minimum Gasteiger partial charge on any atom is -0.356 e. The lowest BCUT2D eigenvalue weighted by molar-refractivity contribution is 0.0954. The Bertz CT molecular complexity index is 1020. The molecular weight excluding hydrogens is 380 g/mol. The average Bonchev–Trinajstić information content (AvgIpc) is 3.08. The molecule has 3 heterocycles. The van der Waals surface area contributed by atoms with E-state index in [1.165, 1.54) is 36.2 Å². The molecular formula is C23H28N4OS. The van der Waals surface area contributed by atoms with Crippen molar-refractivity contribution in [2.45, 2.75) is 53.0 Å². The fraction of sp³-hybridized carbons (Fsp3) is 0.435. The molecule has 1 amide bonds. The van der Waals surface area contributed by atoms with Crippen molar-refractivity contribution < 1.29 is 4.79 Å². The minimum atomic E-state index is -0.0349. The van der Waals surface area contributed by atoms with E-state index in [1.807, 2.05) is 13.8 Å². The first-order valence-corrected chi connectivity index (χ1v) is 11.3. The Hall–Kier alpha value is -2.47. The van der Waals surface area contributed by atoms with Gasteiger partial charge in [-0.05, 0) is 56.2 Å². The molecule has 3 aromatic rings. The zero-order chi connectivity index (χ0) is 20.4. The van der Waals surface area contributed by atoms with Gasteiger partial charge in [-0.1, -0.05) is 31.2 Å². The van der Waals surface area contributed by atoms with Gasteiger partial charge in [0, 0.05) is 19.6 Å². The molecule has 2 aromatic heterocycles. The summed E-state index contributed by atoms with van der Waals surface area (Å²) in [7, 11) is 0. The van der Waals surface area contributed by atoms with Crippen LogP contribution in [0.15, 0.2) is 24.3 Å². The van der Waals surface area contributed by atoms with Crippen LogP contribution < -0.4 is 10.2 Å². The summed E-state index contributed by atoms with van der Waals surface area (Å²) in [5.41, 5.74) is 3.41. The Kier molecular flexibility index (Phi) is 5.81. The molecule has 0 bridgehead atoms. The largest absolute Gasteiger partial charge is 0.356 e. The SMILES string of the molecule is CCc1ccc(CNC(=O)c2sc3nc(C)nc(N4CCCCC4)c3c2C)cc1. The van der Waals surface area contributed by atoms with Crippen LogP contribution in [0.4, 0.5) is 5.82 Å². The second kappa shape index (κ2) is 8.49. The van der Waals surface area contributed by atoms with Crippen LogP contribution in [0.5, 0.6) is 0 Å². The third-order valence-electron chi connectivity index (χ3n) is 5.63. The number of nitrogens with one attached hydrogen (secondary N) is 1. The molecule has 1 fully saturated rings. The normalized spacial score (nSPS) is 14.4. The van der Waals surface area contributed by atoms with Crippen LogP contribution >= 0.6 is 11.3 Å². The molecule has 0 spiro atoms. The summed E-state index contributed by atoms with van der Waals surface area (Å²) in [6, 6.07) is 8.41. The van der Waals surface area contributed by atoms with Crippen molar-refractivity contribution in [3.05, 3.63) is 51.7 Å². The number of carbonyl (C=O) groups is 1. The summed E-state index contributed by atoms with van der Waals surface area (Å²) >= 11 is 1.48. The van der Waals surface area contributed by atoms with Gasteiger partial charge in [-0.25, -0.2) is 9.97 Å². The maximum absolute atomic E-state index is 12.9. The van der Waals surface area contributed by atoms with E-state index in [0.717, 1.165) is 57.4 Å². The predicted molar refractivity (Wildman–Crippen MR) is 120 cm³/mol. The zero-order valence-electron chi connectivity index (χ0n) is 17.4.